The first kappa shape index (κ1) is 27.3. The quantitative estimate of drug-likeness (QED) is 0.308. The SMILES string of the molecule is O=C(O)CCN1C(=O)C(=Cc2cn(-c3ccccc3)nc2-c2cccc(S(=O)(=O)N3CCCCC3)c2)SC1=S. The lowest BCUT2D eigenvalue weighted by atomic mass is 10.1. The van der Waals surface area contributed by atoms with Crippen molar-refractivity contribution in [3.8, 4) is 16.9 Å². The molecular formula is C27H26N4O5S3. The molecule has 3 heterocycles. The minimum atomic E-state index is -3.66. The first-order valence-corrected chi connectivity index (χ1v) is 15.1. The van der Waals surface area contributed by atoms with Crippen molar-refractivity contribution < 1.29 is 23.1 Å². The molecule has 2 aliphatic heterocycles. The fourth-order valence-electron chi connectivity index (χ4n) is 4.53. The molecule has 0 radical (unpaired) electrons. The maximum Gasteiger partial charge on any atom is 0.305 e. The van der Waals surface area contributed by atoms with Gasteiger partial charge in [0.1, 0.15) is 10.0 Å². The molecule has 1 aromatic heterocycles. The summed E-state index contributed by atoms with van der Waals surface area (Å²) < 4.78 is 30.2. The molecule has 2 aromatic carbocycles. The molecule has 0 saturated carbocycles. The summed E-state index contributed by atoms with van der Waals surface area (Å²) in [6.07, 6.45) is 5.95. The van der Waals surface area contributed by atoms with Crippen molar-refractivity contribution in [3.05, 3.63) is 71.3 Å². The van der Waals surface area contributed by atoms with Crippen LogP contribution in [-0.2, 0) is 19.6 Å². The van der Waals surface area contributed by atoms with Gasteiger partial charge in [-0.05, 0) is 43.2 Å². The summed E-state index contributed by atoms with van der Waals surface area (Å²) in [6, 6.07) is 16.2. The number of hydrogen-bond acceptors (Lipinski definition) is 7. The molecule has 2 aliphatic rings. The lowest BCUT2D eigenvalue weighted by Gasteiger charge is -2.26. The van der Waals surface area contributed by atoms with Gasteiger partial charge in [0.05, 0.1) is 21.9 Å². The van der Waals surface area contributed by atoms with E-state index in [-0.39, 0.29) is 23.8 Å². The van der Waals surface area contributed by atoms with Crippen molar-refractivity contribution in [1.82, 2.24) is 19.0 Å². The number of rotatable bonds is 8. The number of aliphatic carboxylic acids is 1. The van der Waals surface area contributed by atoms with E-state index in [1.807, 2.05) is 30.3 Å². The summed E-state index contributed by atoms with van der Waals surface area (Å²) >= 11 is 6.43. The standard InChI is InChI=1S/C27H26N4O5S3/c32-24(33)12-15-30-26(34)23(38-27(30)37)17-20-18-31(21-9-3-1-4-10-21)28-25(20)19-8-7-11-22(16-19)39(35,36)29-13-5-2-6-14-29/h1,3-4,7-11,16-18H,2,5-6,12-15H2,(H,32,33). The second-order valence-electron chi connectivity index (χ2n) is 9.18. The van der Waals surface area contributed by atoms with Gasteiger partial charge in [-0.15, -0.1) is 0 Å². The lowest BCUT2D eigenvalue weighted by Crippen LogP contribution is -2.35. The zero-order valence-corrected chi connectivity index (χ0v) is 23.3. The van der Waals surface area contributed by atoms with Crippen LogP contribution in [0.1, 0.15) is 31.2 Å². The molecule has 202 valence electrons. The zero-order chi connectivity index (χ0) is 27.6. The zero-order valence-electron chi connectivity index (χ0n) is 20.9. The first-order valence-electron chi connectivity index (χ1n) is 12.5. The number of aromatic nitrogens is 2. The second kappa shape index (κ2) is 11.4. The van der Waals surface area contributed by atoms with Gasteiger partial charge in [-0.2, -0.15) is 9.40 Å². The minimum Gasteiger partial charge on any atom is -0.481 e. The summed E-state index contributed by atoms with van der Waals surface area (Å²) in [4.78, 5) is 25.9. The van der Waals surface area contributed by atoms with E-state index in [2.05, 4.69) is 0 Å². The first-order chi connectivity index (χ1) is 18.7. The van der Waals surface area contributed by atoms with Gasteiger partial charge >= 0.3 is 5.97 Å². The Morgan fingerprint density at radius 3 is 2.54 bits per heavy atom. The van der Waals surface area contributed by atoms with Gasteiger partial charge < -0.3 is 5.11 Å². The number of carbonyl (C=O) groups is 2. The number of thiocarbonyl (C=S) groups is 1. The Kier molecular flexibility index (Phi) is 7.98. The second-order valence-corrected chi connectivity index (χ2v) is 12.8. The normalized spacial score (nSPS) is 17.7. The van der Waals surface area contributed by atoms with Gasteiger partial charge in [-0.25, -0.2) is 13.1 Å². The van der Waals surface area contributed by atoms with E-state index in [0.29, 0.717) is 39.1 Å². The maximum absolute atomic E-state index is 13.4. The highest BCUT2D eigenvalue weighted by molar-refractivity contribution is 8.26. The summed E-state index contributed by atoms with van der Waals surface area (Å²) in [5, 5.41) is 13.8. The molecule has 39 heavy (non-hydrogen) atoms. The van der Waals surface area contributed by atoms with E-state index in [9.17, 15) is 18.0 Å². The molecule has 5 rings (SSSR count). The number of para-hydroxylation sites is 1. The van der Waals surface area contributed by atoms with Crippen LogP contribution in [0.5, 0.6) is 0 Å². The Morgan fingerprint density at radius 2 is 1.82 bits per heavy atom. The Balaban J connectivity index is 1.55. The smallest absolute Gasteiger partial charge is 0.305 e. The summed E-state index contributed by atoms with van der Waals surface area (Å²) in [5.41, 5.74) is 2.50. The molecule has 0 unspecified atom stereocenters. The van der Waals surface area contributed by atoms with Gasteiger partial charge in [0, 0.05) is 37.0 Å². The lowest BCUT2D eigenvalue weighted by molar-refractivity contribution is -0.137. The number of sulfonamides is 1. The minimum absolute atomic E-state index is 0.0100. The summed E-state index contributed by atoms with van der Waals surface area (Å²) in [7, 11) is -3.66. The van der Waals surface area contributed by atoms with Crippen molar-refractivity contribution in [2.75, 3.05) is 19.6 Å². The number of piperidine rings is 1. The van der Waals surface area contributed by atoms with Gasteiger partial charge in [0.2, 0.25) is 10.0 Å². The molecule has 2 fully saturated rings. The third kappa shape index (κ3) is 5.83. The third-order valence-electron chi connectivity index (χ3n) is 6.53. The van der Waals surface area contributed by atoms with E-state index >= 15 is 0 Å². The number of carbonyl (C=O) groups excluding carboxylic acids is 1. The monoisotopic (exact) mass is 582 g/mol. The van der Waals surface area contributed by atoms with E-state index in [1.165, 1.54) is 9.21 Å². The molecule has 0 atom stereocenters. The van der Waals surface area contributed by atoms with Crippen molar-refractivity contribution in [1.29, 1.82) is 0 Å². The van der Waals surface area contributed by atoms with Crippen molar-refractivity contribution in [2.24, 2.45) is 0 Å². The van der Waals surface area contributed by atoms with Crippen LogP contribution in [0.15, 0.2) is 70.6 Å². The van der Waals surface area contributed by atoms with E-state index in [4.69, 9.17) is 22.4 Å². The predicted molar refractivity (Wildman–Crippen MR) is 154 cm³/mol. The highest BCUT2D eigenvalue weighted by Crippen LogP contribution is 2.35. The average Bonchev–Trinajstić information content (AvgIpc) is 3.48. The summed E-state index contributed by atoms with van der Waals surface area (Å²) in [6.45, 7) is 0.998. The molecule has 0 spiro atoms. The topological polar surface area (TPSA) is 113 Å². The van der Waals surface area contributed by atoms with Crippen molar-refractivity contribution in [3.63, 3.8) is 0 Å². The molecular weight excluding hydrogens is 557 g/mol. The Labute approximate surface area is 236 Å². The number of amides is 1. The van der Waals surface area contributed by atoms with Gasteiger partial charge in [-0.1, -0.05) is 60.7 Å². The number of hydrogen-bond donors (Lipinski definition) is 1. The largest absolute Gasteiger partial charge is 0.481 e. The number of carboxylic acids is 1. The molecule has 12 heteroatoms. The Bertz CT molecular complexity index is 1560. The fraction of sp³-hybridized carbons (Fsp3) is 0.259. The van der Waals surface area contributed by atoms with Crippen LogP contribution in [0.25, 0.3) is 23.0 Å². The molecule has 1 N–H and O–H groups in total. The average molecular weight is 583 g/mol. The highest BCUT2D eigenvalue weighted by Gasteiger charge is 2.33. The predicted octanol–water partition coefficient (Wildman–Crippen LogP) is 4.39. The molecule has 0 bridgehead atoms. The maximum atomic E-state index is 13.4. The van der Waals surface area contributed by atoms with Crippen LogP contribution < -0.4 is 0 Å². The Hall–Kier alpha value is -3.32. The summed E-state index contributed by atoms with van der Waals surface area (Å²) in [5.74, 6) is -1.38. The fourth-order valence-corrected chi connectivity index (χ4v) is 7.39. The van der Waals surface area contributed by atoms with E-state index in [0.717, 1.165) is 36.7 Å². The number of carboxylic acid groups (broad SMARTS) is 1. The molecule has 1 amide bonds. The van der Waals surface area contributed by atoms with Gasteiger partial charge in [0.15, 0.2) is 0 Å². The molecule has 3 aromatic rings. The highest BCUT2D eigenvalue weighted by atomic mass is 32.2. The number of thioether (sulfide) groups is 1. The van der Waals surface area contributed by atoms with Crippen molar-refractivity contribution >= 4 is 56.3 Å². The number of benzene rings is 2. The van der Waals surface area contributed by atoms with Crippen LogP contribution in [0.2, 0.25) is 0 Å². The van der Waals surface area contributed by atoms with E-state index < -0.39 is 16.0 Å². The van der Waals surface area contributed by atoms with Crippen molar-refractivity contribution in [2.45, 2.75) is 30.6 Å². The van der Waals surface area contributed by atoms with Gasteiger partial charge in [0.25, 0.3) is 5.91 Å². The van der Waals surface area contributed by atoms with Crippen LogP contribution >= 0.6 is 24.0 Å². The number of nitrogens with zero attached hydrogens (tertiary/aromatic N) is 4. The Morgan fingerprint density at radius 1 is 1.08 bits per heavy atom. The molecule has 0 aliphatic carbocycles. The van der Waals surface area contributed by atoms with Crippen LogP contribution in [0, 0.1) is 0 Å². The molecule has 2 saturated heterocycles. The van der Waals surface area contributed by atoms with Crippen LogP contribution in [0.3, 0.4) is 0 Å². The third-order valence-corrected chi connectivity index (χ3v) is 9.81. The van der Waals surface area contributed by atoms with Crippen LogP contribution in [0.4, 0.5) is 0 Å². The van der Waals surface area contributed by atoms with Gasteiger partial charge in [-0.3, -0.25) is 14.5 Å². The van der Waals surface area contributed by atoms with E-state index in [1.54, 1.807) is 41.2 Å². The molecule has 9 nitrogen and oxygen atoms in total. The van der Waals surface area contributed by atoms with Crippen LogP contribution in [-0.4, -0.2) is 68.3 Å².